The van der Waals surface area contributed by atoms with Crippen molar-refractivity contribution in [1.29, 1.82) is 0 Å². The molecule has 0 aliphatic carbocycles. The normalized spacial score (nSPS) is 14.4. The summed E-state index contributed by atoms with van der Waals surface area (Å²) in [6.07, 6.45) is 5.52. The first-order valence-corrected chi connectivity index (χ1v) is 10.7. The van der Waals surface area contributed by atoms with Gasteiger partial charge in [0.15, 0.2) is 0 Å². The number of aryl methyl sites for hydroxylation is 1. The van der Waals surface area contributed by atoms with Gasteiger partial charge in [-0.3, -0.25) is 9.78 Å². The lowest BCUT2D eigenvalue weighted by molar-refractivity contribution is -0.131. The minimum Gasteiger partial charge on any atom is -0.367 e. The van der Waals surface area contributed by atoms with Gasteiger partial charge < -0.3 is 9.80 Å². The van der Waals surface area contributed by atoms with Crippen LogP contribution in [-0.2, 0) is 11.2 Å². The molecule has 1 aliphatic rings. The van der Waals surface area contributed by atoms with Crippen LogP contribution in [0.5, 0.6) is 0 Å². The Labute approximate surface area is 177 Å². The van der Waals surface area contributed by atoms with E-state index in [2.05, 4.69) is 40.2 Å². The van der Waals surface area contributed by atoms with E-state index in [0.717, 1.165) is 56.3 Å². The average Bonchev–Trinajstić information content (AvgIpc) is 2.77. The zero-order valence-electron chi connectivity index (χ0n) is 16.6. The molecular formula is C24H26ClN3O. The molecular weight excluding hydrogens is 382 g/mol. The summed E-state index contributed by atoms with van der Waals surface area (Å²) in [6, 6.07) is 18.4. The fraction of sp³-hybridized carbons (Fsp3) is 0.333. The molecule has 0 saturated carbocycles. The Morgan fingerprint density at radius 1 is 0.966 bits per heavy atom. The maximum absolute atomic E-state index is 12.6. The highest BCUT2D eigenvalue weighted by molar-refractivity contribution is 6.31. The van der Waals surface area contributed by atoms with E-state index in [1.165, 1.54) is 11.3 Å². The standard InChI is InChI=1S/C24H26ClN3O/c25-20-10-11-21-22(18-20)26-13-12-23(21)27-14-16-28(17-15-27)24(29)9-5-4-8-19-6-2-1-3-7-19/h1-3,6-7,10-13,18H,4-5,8-9,14-17H2. The number of amides is 1. The van der Waals surface area contributed by atoms with E-state index in [1.54, 1.807) is 0 Å². The molecule has 0 spiro atoms. The number of hydrogen-bond donors (Lipinski definition) is 0. The van der Waals surface area contributed by atoms with Gasteiger partial charge in [0.2, 0.25) is 5.91 Å². The highest BCUT2D eigenvalue weighted by atomic mass is 35.5. The van der Waals surface area contributed by atoms with Crippen molar-refractivity contribution in [3.8, 4) is 0 Å². The van der Waals surface area contributed by atoms with Crippen molar-refractivity contribution in [1.82, 2.24) is 9.88 Å². The van der Waals surface area contributed by atoms with Crippen LogP contribution in [0.25, 0.3) is 10.9 Å². The quantitative estimate of drug-likeness (QED) is 0.542. The average molecular weight is 408 g/mol. The molecule has 2 aromatic carbocycles. The lowest BCUT2D eigenvalue weighted by Crippen LogP contribution is -2.48. The molecule has 29 heavy (non-hydrogen) atoms. The van der Waals surface area contributed by atoms with Gasteiger partial charge in [0.05, 0.1) is 5.52 Å². The van der Waals surface area contributed by atoms with E-state index in [9.17, 15) is 4.79 Å². The summed E-state index contributed by atoms with van der Waals surface area (Å²) in [7, 11) is 0. The fourth-order valence-electron chi connectivity index (χ4n) is 3.99. The van der Waals surface area contributed by atoms with E-state index in [1.807, 2.05) is 35.4 Å². The Kier molecular flexibility index (Phi) is 6.30. The van der Waals surface area contributed by atoms with E-state index in [0.29, 0.717) is 11.4 Å². The number of carbonyl (C=O) groups excluding carboxylic acids is 1. The Balaban J connectivity index is 1.27. The summed E-state index contributed by atoms with van der Waals surface area (Å²) in [5.74, 6) is 0.282. The van der Waals surface area contributed by atoms with Gasteiger partial charge in [-0.15, -0.1) is 0 Å². The van der Waals surface area contributed by atoms with Crippen LogP contribution < -0.4 is 4.90 Å². The number of fused-ring (bicyclic) bond motifs is 1. The number of anilines is 1. The number of nitrogens with zero attached hydrogens (tertiary/aromatic N) is 3. The third-order valence-electron chi connectivity index (χ3n) is 5.60. The van der Waals surface area contributed by atoms with Crippen molar-refractivity contribution in [3.05, 3.63) is 71.4 Å². The van der Waals surface area contributed by atoms with Crippen LogP contribution in [0.3, 0.4) is 0 Å². The van der Waals surface area contributed by atoms with Crippen molar-refractivity contribution in [3.63, 3.8) is 0 Å². The molecule has 2 heterocycles. The number of hydrogen-bond acceptors (Lipinski definition) is 3. The molecule has 1 saturated heterocycles. The molecule has 0 bridgehead atoms. The first-order valence-electron chi connectivity index (χ1n) is 10.3. The summed E-state index contributed by atoms with van der Waals surface area (Å²) in [6.45, 7) is 3.23. The maximum Gasteiger partial charge on any atom is 0.222 e. The Morgan fingerprint density at radius 3 is 2.55 bits per heavy atom. The van der Waals surface area contributed by atoms with Crippen molar-refractivity contribution >= 4 is 34.1 Å². The summed E-state index contributed by atoms with van der Waals surface area (Å²) < 4.78 is 0. The van der Waals surface area contributed by atoms with Crippen LogP contribution in [-0.4, -0.2) is 42.0 Å². The van der Waals surface area contributed by atoms with Gasteiger partial charge in [-0.05, 0) is 49.1 Å². The number of benzene rings is 2. The predicted molar refractivity (Wildman–Crippen MR) is 120 cm³/mol. The zero-order valence-corrected chi connectivity index (χ0v) is 17.3. The maximum atomic E-state index is 12.6. The second-order valence-corrected chi connectivity index (χ2v) is 7.99. The zero-order chi connectivity index (χ0) is 20.1. The number of pyridine rings is 1. The van der Waals surface area contributed by atoms with Gasteiger partial charge in [0.1, 0.15) is 0 Å². The number of aromatic nitrogens is 1. The number of carbonyl (C=O) groups is 1. The molecule has 1 amide bonds. The van der Waals surface area contributed by atoms with Crippen LogP contribution in [0.4, 0.5) is 5.69 Å². The van der Waals surface area contributed by atoms with Gasteiger partial charge in [0.25, 0.3) is 0 Å². The van der Waals surface area contributed by atoms with Crippen LogP contribution in [0, 0.1) is 0 Å². The van der Waals surface area contributed by atoms with Crippen molar-refractivity contribution in [2.24, 2.45) is 0 Å². The number of piperazine rings is 1. The SMILES string of the molecule is O=C(CCCCc1ccccc1)N1CCN(c2ccnc3cc(Cl)ccc23)CC1. The third kappa shape index (κ3) is 4.88. The highest BCUT2D eigenvalue weighted by Gasteiger charge is 2.22. The van der Waals surface area contributed by atoms with Crippen LogP contribution in [0.2, 0.25) is 5.02 Å². The van der Waals surface area contributed by atoms with Gasteiger partial charge in [-0.2, -0.15) is 0 Å². The second kappa shape index (κ2) is 9.27. The summed E-state index contributed by atoms with van der Waals surface area (Å²) in [5.41, 5.74) is 3.42. The fourth-order valence-corrected chi connectivity index (χ4v) is 4.15. The van der Waals surface area contributed by atoms with E-state index in [-0.39, 0.29) is 5.91 Å². The lowest BCUT2D eigenvalue weighted by atomic mass is 10.1. The molecule has 4 nitrogen and oxygen atoms in total. The molecule has 0 radical (unpaired) electrons. The Hall–Kier alpha value is -2.59. The largest absolute Gasteiger partial charge is 0.367 e. The number of halogens is 1. The number of unbranched alkanes of at least 4 members (excludes halogenated alkanes) is 1. The Bertz CT molecular complexity index is 968. The van der Waals surface area contributed by atoms with Gasteiger partial charge in [-0.25, -0.2) is 0 Å². The molecule has 0 N–H and O–H groups in total. The molecule has 1 aliphatic heterocycles. The smallest absolute Gasteiger partial charge is 0.222 e. The van der Waals surface area contributed by atoms with Gasteiger partial charge >= 0.3 is 0 Å². The first kappa shape index (κ1) is 19.7. The topological polar surface area (TPSA) is 36.4 Å². The molecule has 0 atom stereocenters. The highest BCUT2D eigenvalue weighted by Crippen LogP contribution is 2.28. The second-order valence-electron chi connectivity index (χ2n) is 7.55. The summed E-state index contributed by atoms with van der Waals surface area (Å²) >= 11 is 6.10. The summed E-state index contributed by atoms with van der Waals surface area (Å²) in [5, 5.41) is 1.81. The van der Waals surface area contributed by atoms with Gasteiger partial charge in [0, 0.05) is 54.9 Å². The molecule has 1 fully saturated rings. The van der Waals surface area contributed by atoms with E-state index < -0.39 is 0 Å². The molecule has 3 aromatic rings. The van der Waals surface area contributed by atoms with Crippen molar-refractivity contribution in [2.45, 2.75) is 25.7 Å². The number of rotatable bonds is 6. The minimum absolute atomic E-state index is 0.282. The third-order valence-corrected chi connectivity index (χ3v) is 5.84. The van der Waals surface area contributed by atoms with Gasteiger partial charge in [-0.1, -0.05) is 41.9 Å². The van der Waals surface area contributed by atoms with Crippen LogP contribution in [0.15, 0.2) is 60.8 Å². The van der Waals surface area contributed by atoms with Crippen LogP contribution in [0.1, 0.15) is 24.8 Å². The molecule has 150 valence electrons. The van der Waals surface area contributed by atoms with Crippen molar-refractivity contribution in [2.75, 3.05) is 31.1 Å². The molecule has 5 heteroatoms. The Morgan fingerprint density at radius 2 is 1.76 bits per heavy atom. The minimum atomic E-state index is 0.282. The molecule has 4 rings (SSSR count). The monoisotopic (exact) mass is 407 g/mol. The lowest BCUT2D eigenvalue weighted by Gasteiger charge is -2.36. The van der Waals surface area contributed by atoms with E-state index in [4.69, 9.17) is 11.6 Å². The van der Waals surface area contributed by atoms with Crippen molar-refractivity contribution < 1.29 is 4.79 Å². The molecule has 0 unspecified atom stereocenters. The predicted octanol–water partition coefficient (Wildman–Crippen LogP) is 4.95. The summed E-state index contributed by atoms with van der Waals surface area (Å²) in [4.78, 5) is 21.4. The van der Waals surface area contributed by atoms with E-state index >= 15 is 0 Å². The molecule has 1 aromatic heterocycles. The van der Waals surface area contributed by atoms with Crippen LogP contribution >= 0.6 is 11.6 Å². The first-order chi connectivity index (χ1) is 14.2.